The summed E-state index contributed by atoms with van der Waals surface area (Å²) in [7, 11) is 4.49. The van der Waals surface area contributed by atoms with Gasteiger partial charge in [-0.1, -0.05) is 4.47 Å². The highest BCUT2D eigenvalue weighted by Gasteiger charge is 2.17. The Kier molecular flexibility index (Phi) is 4.19. The number of nitrogens with zero attached hydrogens (tertiary/aromatic N) is 2. The molecule has 86 valence electrons. The zero-order valence-electron chi connectivity index (χ0n) is 9.26. The number of rotatable bonds is 4. The van der Waals surface area contributed by atoms with Gasteiger partial charge >= 0.3 is 0 Å². The highest BCUT2D eigenvalue weighted by molar-refractivity contribution is 7.47. The molecule has 1 amide bonds. The Bertz CT molecular complexity index is 409. The van der Waals surface area contributed by atoms with E-state index < -0.39 is 0 Å². The monoisotopic (exact) mass is 240 g/mol. The molecule has 0 aliphatic carbocycles. The molecule has 1 aromatic carbocycles. The Morgan fingerprint density at radius 1 is 1.38 bits per heavy atom. The van der Waals surface area contributed by atoms with Crippen LogP contribution in [0.2, 0.25) is 0 Å². The minimum absolute atomic E-state index is 0.342. The van der Waals surface area contributed by atoms with Crippen LogP contribution in [-0.2, 0) is 12.4 Å². The first-order valence-electron chi connectivity index (χ1n) is 4.47. The number of carbonyl (C=O) groups is 1. The predicted molar refractivity (Wildman–Crippen MR) is 61.4 cm³/mol. The van der Waals surface area contributed by atoms with Crippen molar-refractivity contribution in [2.45, 2.75) is 0 Å². The molecule has 0 aromatic heterocycles. The molecule has 16 heavy (non-hydrogen) atoms. The van der Waals surface area contributed by atoms with E-state index in [9.17, 15) is 4.79 Å². The van der Waals surface area contributed by atoms with E-state index in [1.54, 1.807) is 18.2 Å². The van der Waals surface area contributed by atoms with Crippen LogP contribution in [0.15, 0.2) is 22.7 Å². The Labute approximate surface area is 99.1 Å². The molecule has 5 nitrogen and oxygen atoms in total. The van der Waals surface area contributed by atoms with Crippen molar-refractivity contribution in [2.24, 2.45) is 4.47 Å². The molecule has 0 N–H and O–H groups in total. The molecule has 0 spiro atoms. The zero-order valence-corrected chi connectivity index (χ0v) is 10.1. The van der Waals surface area contributed by atoms with Gasteiger partial charge in [-0.05, 0) is 18.2 Å². The summed E-state index contributed by atoms with van der Waals surface area (Å²) in [5, 5.41) is 1.06. The van der Waals surface area contributed by atoms with Gasteiger partial charge in [0.2, 0.25) is 0 Å². The maximum Gasteiger partial charge on any atom is 0.278 e. The molecule has 0 fully saturated rings. The number of hydrogen-bond acceptors (Lipinski definition) is 5. The van der Waals surface area contributed by atoms with Crippen LogP contribution in [0.4, 0.5) is 0 Å². The Balaban J connectivity index is 3.17. The van der Waals surface area contributed by atoms with Gasteiger partial charge in [0.25, 0.3) is 5.91 Å². The SMILES string of the molecule is COc1ccc(OC)c(C(=O)N(C)N=S)c1. The van der Waals surface area contributed by atoms with Gasteiger partial charge in [0, 0.05) is 7.05 Å². The van der Waals surface area contributed by atoms with Crippen molar-refractivity contribution in [1.29, 1.82) is 0 Å². The van der Waals surface area contributed by atoms with Gasteiger partial charge in [0.05, 0.1) is 32.2 Å². The summed E-state index contributed by atoms with van der Waals surface area (Å²) in [5.41, 5.74) is 0.359. The second kappa shape index (κ2) is 5.41. The number of carbonyl (C=O) groups excluding carboxylic acids is 1. The van der Waals surface area contributed by atoms with Gasteiger partial charge in [-0.25, -0.2) is 5.01 Å². The molecule has 0 saturated heterocycles. The molecule has 1 rings (SSSR count). The van der Waals surface area contributed by atoms with E-state index in [1.165, 1.54) is 21.3 Å². The molecule has 0 atom stereocenters. The molecule has 0 bridgehead atoms. The summed E-state index contributed by atoms with van der Waals surface area (Å²) < 4.78 is 13.5. The zero-order chi connectivity index (χ0) is 12.1. The number of benzene rings is 1. The third kappa shape index (κ3) is 2.46. The van der Waals surface area contributed by atoms with Crippen molar-refractivity contribution < 1.29 is 14.3 Å². The fraction of sp³-hybridized carbons (Fsp3) is 0.300. The molecule has 0 radical (unpaired) electrons. The molecule has 0 heterocycles. The van der Waals surface area contributed by atoms with E-state index in [1.807, 2.05) is 0 Å². The first-order chi connectivity index (χ1) is 7.63. The fourth-order valence-electron chi connectivity index (χ4n) is 1.19. The van der Waals surface area contributed by atoms with Crippen LogP contribution in [0, 0.1) is 0 Å². The van der Waals surface area contributed by atoms with Crippen molar-refractivity contribution >= 4 is 18.3 Å². The van der Waals surface area contributed by atoms with Crippen molar-refractivity contribution in [3.05, 3.63) is 23.8 Å². The van der Waals surface area contributed by atoms with E-state index in [0.29, 0.717) is 17.1 Å². The third-order valence-electron chi connectivity index (χ3n) is 2.05. The quantitative estimate of drug-likeness (QED) is 0.747. The summed E-state index contributed by atoms with van der Waals surface area (Å²) in [4.78, 5) is 11.9. The van der Waals surface area contributed by atoms with Gasteiger partial charge in [0.15, 0.2) is 0 Å². The second-order valence-electron chi connectivity index (χ2n) is 2.98. The number of hydrogen-bond donors (Lipinski definition) is 0. The smallest absolute Gasteiger partial charge is 0.278 e. The van der Waals surface area contributed by atoms with E-state index in [4.69, 9.17) is 9.47 Å². The Morgan fingerprint density at radius 3 is 2.56 bits per heavy atom. The highest BCUT2D eigenvalue weighted by atomic mass is 32.1. The van der Waals surface area contributed by atoms with E-state index in [0.717, 1.165) is 5.01 Å². The lowest BCUT2D eigenvalue weighted by Crippen LogP contribution is -2.21. The number of ether oxygens (including phenoxy) is 2. The fourth-order valence-corrected chi connectivity index (χ4v) is 1.27. The Hall–Kier alpha value is -1.69. The van der Waals surface area contributed by atoms with Crippen molar-refractivity contribution in [2.75, 3.05) is 21.3 Å². The average Bonchev–Trinajstić information content (AvgIpc) is 2.35. The molecule has 1 aromatic rings. The van der Waals surface area contributed by atoms with Gasteiger partial charge in [0.1, 0.15) is 11.5 Å². The van der Waals surface area contributed by atoms with Crippen molar-refractivity contribution in [3.8, 4) is 11.5 Å². The summed E-state index contributed by atoms with van der Waals surface area (Å²) in [6, 6.07) is 4.95. The van der Waals surface area contributed by atoms with Crippen LogP contribution in [-0.4, -0.2) is 32.2 Å². The van der Waals surface area contributed by atoms with Crippen LogP contribution in [0.3, 0.4) is 0 Å². The van der Waals surface area contributed by atoms with Crippen LogP contribution in [0.1, 0.15) is 10.4 Å². The molecule has 0 unspecified atom stereocenters. The van der Waals surface area contributed by atoms with Crippen LogP contribution in [0.5, 0.6) is 11.5 Å². The topological polar surface area (TPSA) is 51.1 Å². The summed E-state index contributed by atoms with van der Waals surface area (Å²) in [6.07, 6.45) is 0. The molecular weight excluding hydrogens is 228 g/mol. The lowest BCUT2D eigenvalue weighted by Gasteiger charge is -2.13. The summed E-state index contributed by atoms with van der Waals surface area (Å²) in [5.74, 6) is 0.684. The molecular formula is C10H12N2O3S. The minimum atomic E-state index is -0.342. The van der Waals surface area contributed by atoms with Crippen molar-refractivity contribution in [3.63, 3.8) is 0 Å². The molecule has 6 heteroatoms. The number of methoxy groups -OCH3 is 2. The standard InChI is InChI=1S/C10H12N2O3S/c1-12(11-16)10(13)8-6-7(14-2)4-5-9(8)15-3/h4-6H,1-3H3. The van der Waals surface area contributed by atoms with Crippen molar-refractivity contribution in [1.82, 2.24) is 5.01 Å². The minimum Gasteiger partial charge on any atom is -0.497 e. The van der Waals surface area contributed by atoms with Gasteiger partial charge in [-0.3, -0.25) is 4.79 Å². The summed E-state index contributed by atoms with van der Waals surface area (Å²) >= 11 is 4.45. The first kappa shape index (κ1) is 12.4. The van der Waals surface area contributed by atoms with Gasteiger partial charge < -0.3 is 9.47 Å². The molecule has 0 saturated carbocycles. The summed E-state index contributed by atoms with van der Waals surface area (Å²) in [6.45, 7) is 0. The lowest BCUT2D eigenvalue weighted by molar-refractivity contribution is 0.0799. The predicted octanol–water partition coefficient (Wildman–Crippen LogP) is 1.42. The van der Waals surface area contributed by atoms with E-state index in [-0.39, 0.29) is 5.91 Å². The second-order valence-corrected chi connectivity index (χ2v) is 3.14. The Morgan fingerprint density at radius 2 is 2.06 bits per heavy atom. The third-order valence-corrected chi connectivity index (χ3v) is 2.30. The lowest BCUT2D eigenvalue weighted by atomic mass is 10.1. The first-order valence-corrected chi connectivity index (χ1v) is 4.84. The van der Waals surface area contributed by atoms with E-state index in [2.05, 4.69) is 16.9 Å². The molecule has 0 aliphatic heterocycles. The maximum absolute atomic E-state index is 11.9. The van der Waals surface area contributed by atoms with Crippen LogP contribution >= 0.6 is 0 Å². The van der Waals surface area contributed by atoms with Gasteiger partial charge in [-0.15, -0.1) is 0 Å². The highest BCUT2D eigenvalue weighted by Crippen LogP contribution is 2.24. The van der Waals surface area contributed by atoms with E-state index >= 15 is 0 Å². The van der Waals surface area contributed by atoms with Crippen LogP contribution < -0.4 is 9.47 Å². The maximum atomic E-state index is 11.9. The average molecular weight is 240 g/mol. The normalized spacial score (nSPS) is 9.44. The largest absolute Gasteiger partial charge is 0.497 e. The molecule has 0 aliphatic rings. The van der Waals surface area contributed by atoms with Crippen LogP contribution in [0.25, 0.3) is 0 Å². The number of amides is 1. The van der Waals surface area contributed by atoms with Gasteiger partial charge in [-0.2, -0.15) is 0 Å².